The molecule has 1 rings (SSSR count). The Hall–Kier alpha value is -0.980. The summed E-state index contributed by atoms with van der Waals surface area (Å²) in [5.41, 5.74) is 4.81. The van der Waals surface area contributed by atoms with Gasteiger partial charge in [-0.25, -0.2) is 0 Å². The van der Waals surface area contributed by atoms with Crippen LogP contribution in [0.4, 0.5) is 0 Å². The van der Waals surface area contributed by atoms with Crippen LogP contribution in [0.5, 0.6) is 5.75 Å². The molecule has 0 saturated heterocycles. The quantitative estimate of drug-likeness (QED) is 0.264. The largest absolute Gasteiger partial charge is 0.507 e. The molecule has 1 heteroatoms. The molecule has 1 aromatic rings. The summed E-state index contributed by atoms with van der Waals surface area (Å²) in [5, 5.41) is 10.1. The van der Waals surface area contributed by atoms with Gasteiger partial charge in [-0.05, 0) is 55.9 Å². The summed E-state index contributed by atoms with van der Waals surface area (Å²) >= 11 is 0. The molecule has 162 valence electrons. The molecule has 0 bridgehead atoms. The minimum atomic E-state index is 0.497. The third-order valence-electron chi connectivity index (χ3n) is 6.37. The summed E-state index contributed by atoms with van der Waals surface area (Å²) in [6, 6.07) is 2.13. The summed E-state index contributed by atoms with van der Waals surface area (Å²) in [5.74, 6) is 0.497. The standard InChI is InChI=1S/C27H48O/c1-5-6-7-8-9-10-11-12-13-14-15-16-17-18-19-20-21-26-23(2)22-24(3)27(28)25(26)4/h22,28H,5-21H2,1-4H3. The highest BCUT2D eigenvalue weighted by Gasteiger charge is 2.09. The minimum absolute atomic E-state index is 0.497. The summed E-state index contributed by atoms with van der Waals surface area (Å²) in [4.78, 5) is 0. The number of aromatic hydroxyl groups is 1. The topological polar surface area (TPSA) is 20.2 Å². The SMILES string of the molecule is CCCCCCCCCCCCCCCCCCc1c(C)cc(C)c(O)c1C. The molecule has 0 aliphatic rings. The van der Waals surface area contributed by atoms with E-state index in [-0.39, 0.29) is 0 Å². The van der Waals surface area contributed by atoms with Gasteiger partial charge < -0.3 is 5.11 Å². The van der Waals surface area contributed by atoms with E-state index in [2.05, 4.69) is 26.8 Å². The molecular formula is C27H48O. The molecule has 0 atom stereocenters. The highest BCUT2D eigenvalue weighted by atomic mass is 16.3. The first-order valence-electron chi connectivity index (χ1n) is 12.4. The molecule has 0 aliphatic carbocycles. The normalized spacial score (nSPS) is 11.3. The van der Waals surface area contributed by atoms with Crippen molar-refractivity contribution < 1.29 is 5.11 Å². The lowest BCUT2D eigenvalue weighted by molar-refractivity contribution is 0.465. The van der Waals surface area contributed by atoms with Gasteiger partial charge in [0.2, 0.25) is 0 Å². The van der Waals surface area contributed by atoms with E-state index >= 15 is 0 Å². The summed E-state index contributed by atoms with van der Waals surface area (Å²) in [6.45, 7) is 8.53. The second-order valence-corrected chi connectivity index (χ2v) is 9.02. The predicted octanol–water partition coefficient (Wildman–Crippen LogP) is 9.12. The van der Waals surface area contributed by atoms with Crippen molar-refractivity contribution >= 4 is 0 Å². The van der Waals surface area contributed by atoms with Crippen LogP contribution in [0.15, 0.2) is 6.07 Å². The number of benzene rings is 1. The van der Waals surface area contributed by atoms with Gasteiger partial charge in [-0.2, -0.15) is 0 Å². The molecule has 0 fully saturated rings. The Labute approximate surface area is 176 Å². The van der Waals surface area contributed by atoms with Crippen LogP contribution in [0.1, 0.15) is 132 Å². The molecule has 0 aromatic heterocycles. The fourth-order valence-electron chi connectivity index (χ4n) is 4.45. The van der Waals surface area contributed by atoms with Crippen molar-refractivity contribution in [1.82, 2.24) is 0 Å². The molecule has 0 saturated carbocycles. The monoisotopic (exact) mass is 388 g/mol. The fourth-order valence-corrected chi connectivity index (χ4v) is 4.45. The van der Waals surface area contributed by atoms with Crippen molar-refractivity contribution in [2.45, 2.75) is 137 Å². The maximum Gasteiger partial charge on any atom is 0.121 e. The number of unbranched alkanes of at least 4 members (excludes halogenated alkanes) is 15. The van der Waals surface area contributed by atoms with E-state index < -0.39 is 0 Å². The van der Waals surface area contributed by atoms with E-state index in [1.54, 1.807) is 0 Å². The molecule has 1 aromatic carbocycles. The Morgan fingerprint density at radius 2 is 0.964 bits per heavy atom. The summed E-state index contributed by atoms with van der Waals surface area (Å²) < 4.78 is 0. The molecule has 0 spiro atoms. The van der Waals surface area contributed by atoms with Crippen LogP contribution in [0.3, 0.4) is 0 Å². The second-order valence-electron chi connectivity index (χ2n) is 9.02. The molecule has 1 nitrogen and oxygen atoms in total. The Balaban J connectivity index is 1.92. The third kappa shape index (κ3) is 10.5. The zero-order valence-electron chi connectivity index (χ0n) is 19.5. The van der Waals surface area contributed by atoms with Gasteiger partial charge >= 0.3 is 0 Å². The van der Waals surface area contributed by atoms with Gasteiger partial charge in [0, 0.05) is 0 Å². The molecule has 0 heterocycles. The van der Waals surface area contributed by atoms with E-state index in [1.165, 1.54) is 114 Å². The maximum absolute atomic E-state index is 10.1. The number of hydrogen-bond acceptors (Lipinski definition) is 1. The van der Waals surface area contributed by atoms with E-state index in [4.69, 9.17) is 0 Å². The maximum atomic E-state index is 10.1. The molecule has 0 radical (unpaired) electrons. The van der Waals surface area contributed by atoms with Gasteiger partial charge in [-0.15, -0.1) is 0 Å². The van der Waals surface area contributed by atoms with Crippen LogP contribution in [0, 0.1) is 20.8 Å². The Bertz CT molecular complexity index is 517. The van der Waals surface area contributed by atoms with Gasteiger partial charge in [0.1, 0.15) is 5.75 Å². The Kier molecular flexibility index (Phi) is 14.2. The number of rotatable bonds is 17. The van der Waals surface area contributed by atoms with Crippen molar-refractivity contribution in [2.75, 3.05) is 0 Å². The van der Waals surface area contributed by atoms with Crippen molar-refractivity contribution in [3.8, 4) is 5.75 Å². The summed E-state index contributed by atoms with van der Waals surface area (Å²) in [7, 11) is 0. The smallest absolute Gasteiger partial charge is 0.121 e. The number of aryl methyl sites for hydroxylation is 2. The lowest BCUT2D eigenvalue weighted by Gasteiger charge is -2.13. The number of phenols is 1. The van der Waals surface area contributed by atoms with Crippen LogP contribution < -0.4 is 0 Å². The van der Waals surface area contributed by atoms with Gasteiger partial charge in [0.15, 0.2) is 0 Å². The van der Waals surface area contributed by atoms with Crippen LogP contribution in [0.2, 0.25) is 0 Å². The molecular weight excluding hydrogens is 340 g/mol. The van der Waals surface area contributed by atoms with Crippen molar-refractivity contribution in [3.05, 3.63) is 28.3 Å². The van der Waals surface area contributed by atoms with Crippen molar-refractivity contribution in [2.24, 2.45) is 0 Å². The van der Waals surface area contributed by atoms with E-state index in [0.717, 1.165) is 17.5 Å². The van der Waals surface area contributed by atoms with Gasteiger partial charge in [0.05, 0.1) is 0 Å². The highest BCUT2D eigenvalue weighted by molar-refractivity contribution is 5.48. The average molecular weight is 389 g/mol. The summed E-state index contributed by atoms with van der Waals surface area (Å²) in [6.07, 6.45) is 23.7. The third-order valence-corrected chi connectivity index (χ3v) is 6.37. The van der Waals surface area contributed by atoms with Gasteiger partial charge in [-0.1, -0.05) is 109 Å². The van der Waals surface area contributed by atoms with Crippen molar-refractivity contribution in [1.29, 1.82) is 0 Å². The van der Waals surface area contributed by atoms with E-state index in [0.29, 0.717) is 5.75 Å². The average Bonchev–Trinajstić information content (AvgIpc) is 2.68. The van der Waals surface area contributed by atoms with Crippen molar-refractivity contribution in [3.63, 3.8) is 0 Å². The first-order valence-corrected chi connectivity index (χ1v) is 12.4. The Morgan fingerprint density at radius 3 is 1.39 bits per heavy atom. The first-order chi connectivity index (χ1) is 13.6. The predicted molar refractivity (Wildman–Crippen MR) is 126 cm³/mol. The lowest BCUT2D eigenvalue weighted by Crippen LogP contribution is -1.97. The highest BCUT2D eigenvalue weighted by Crippen LogP contribution is 2.29. The minimum Gasteiger partial charge on any atom is -0.507 e. The fraction of sp³-hybridized carbons (Fsp3) is 0.778. The lowest BCUT2D eigenvalue weighted by atomic mass is 9.94. The van der Waals surface area contributed by atoms with Gasteiger partial charge in [0.25, 0.3) is 0 Å². The second kappa shape index (κ2) is 15.9. The number of phenolic OH excluding ortho intramolecular Hbond substituents is 1. The van der Waals surface area contributed by atoms with Crippen LogP contribution >= 0.6 is 0 Å². The zero-order chi connectivity index (χ0) is 20.6. The molecule has 1 N–H and O–H groups in total. The molecule has 0 amide bonds. The van der Waals surface area contributed by atoms with Crippen LogP contribution in [-0.4, -0.2) is 5.11 Å². The van der Waals surface area contributed by atoms with Crippen LogP contribution in [0.25, 0.3) is 0 Å². The van der Waals surface area contributed by atoms with E-state index in [9.17, 15) is 5.11 Å². The molecule has 0 aliphatic heterocycles. The Morgan fingerprint density at radius 1 is 0.571 bits per heavy atom. The molecule has 28 heavy (non-hydrogen) atoms. The van der Waals surface area contributed by atoms with Crippen LogP contribution in [-0.2, 0) is 6.42 Å². The zero-order valence-corrected chi connectivity index (χ0v) is 19.5. The van der Waals surface area contributed by atoms with Gasteiger partial charge in [-0.3, -0.25) is 0 Å². The molecule has 0 unspecified atom stereocenters. The van der Waals surface area contributed by atoms with E-state index in [1.807, 2.05) is 6.92 Å². The number of hydrogen-bond donors (Lipinski definition) is 1. The first kappa shape index (κ1) is 25.1.